The number of sulfonamides is 1. The molecule has 1 atom stereocenters. The lowest BCUT2D eigenvalue weighted by atomic mass is 10.2. The second-order valence-corrected chi connectivity index (χ2v) is 8.91. The Morgan fingerprint density at radius 2 is 1.83 bits per heavy atom. The van der Waals surface area contributed by atoms with Crippen molar-refractivity contribution in [3.05, 3.63) is 52.1 Å². The molecule has 8 nitrogen and oxygen atoms in total. The number of carbonyl (C=O) groups excluding carboxylic acids is 2. The number of ether oxygens (including phenoxy) is 1. The zero-order chi connectivity index (χ0) is 22.5. The molecule has 1 N–H and O–H groups in total. The van der Waals surface area contributed by atoms with Crippen LogP contribution in [0.25, 0.3) is 0 Å². The fraction of sp³-hybridized carbons (Fsp3) is 0.316. The van der Waals surface area contributed by atoms with Crippen molar-refractivity contribution in [2.75, 3.05) is 18.4 Å². The number of hydrogen-bond acceptors (Lipinski definition) is 6. The van der Waals surface area contributed by atoms with Gasteiger partial charge >= 0.3 is 5.97 Å². The molecule has 1 aromatic carbocycles. The molecule has 0 saturated carbocycles. The van der Waals surface area contributed by atoms with Crippen LogP contribution < -0.4 is 5.32 Å². The molecule has 11 heteroatoms. The number of aromatic nitrogens is 1. The maximum Gasteiger partial charge on any atom is 0.340 e. The Kier molecular flexibility index (Phi) is 8.19. The minimum Gasteiger partial charge on any atom is -0.449 e. The summed E-state index contributed by atoms with van der Waals surface area (Å²) >= 11 is 11.8. The van der Waals surface area contributed by atoms with Gasteiger partial charge in [-0.1, -0.05) is 37.0 Å². The minimum absolute atomic E-state index is 0.00507. The first kappa shape index (κ1) is 24.1. The number of benzene rings is 1. The second kappa shape index (κ2) is 10.2. The van der Waals surface area contributed by atoms with Crippen LogP contribution in [-0.2, 0) is 19.6 Å². The van der Waals surface area contributed by atoms with Crippen molar-refractivity contribution >= 4 is 50.9 Å². The van der Waals surface area contributed by atoms with Gasteiger partial charge in [0, 0.05) is 19.3 Å². The van der Waals surface area contributed by atoms with Crippen molar-refractivity contribution in [2.45, 2.75) is 31.8 Å². The summed E-state index contributed by atoms with van der Waals surface area (Å²) in [5.41, 5.74) is -0.158. The van der Waals surface area contributed by atoms with Crippen LogP contribution in [0.1, 0.15) is 31.1 Å². The van der Waals surface area contributed by atoms with Crippen molar-refractivity contribution in [2.24, 2.45) is 0 Å². The van der Waals surface area contributed by atoms with Gasteiger partial charge < -0.3 is 10.1 Å². The van der Waals surface area contributed by atoms with E-state index in [9.17, 15) is 18.0 Å². The smallest absolute Gasteiger partial charge is 0.340 e. The van der Waals surface area contributed by atoms with Crippen LogP contribution in [0.2, 0.25) is 10.0 Å². The molecule has 162 valence electrons. The number of amides is 1. The van der Waals surface area contributed by atoms with E-state index in [2.05, 4.69) is 10.3 Å². The molecule has 0 aliphatic carbocycles. The van der Waals surface area contributed by atoms with Gasteiger partial charge in [-0.3, -0.25) is 4.79 Å². The van der Waals surface area contributed by atoms with Crippen molar-refractivity contribution in [1.82, 2.24) is 9.29 Å². The lowest BCUT2D eigenvalue weighted by Crippen LogP contribution is -2.31. The van der Waals surface area contributed by atoms with Gasteiger partial charge in [0.1, 0.15) is 5.82 Å². The number of esters is 1. The molecule has 1 amide bonds. The lowest BCUT2D eigenvalue weighted by molar-refractivity contribution is -0.123. The third-order valence-electron chi connectivity index (χ3n) is 4.13. The van der Waals surface area contributed by atoms with Gasteiger partial charge in [0.25, 0.3) is 5.91 Å². The van der Waals surface area contributed by atoms with E-state index in [4.69, 9.17) is 27.9 Å². The predicted octanol–water partition coefficient (Wildman–Crippen LogP) is 3.60. The van der Waals surface area contributed by atoms with E-state index in [0.29, 0.717) is 5.02 Å². The summed E-state index contributed by atoms with van der Waals surface area (Å²) < 4.78 is 31.8. The SMILES string of the molecule is CCN(CC)S(=O)(=O)c1ccc(Cl)c(C(=O)O[C@@H](C)C(=O)Nc2ccc(Cl)cn2)c1. The summed E-state index contributed by atoms with van der Waals surface area (Å²) in [7, 11) is -3.79. The first-order valence-corrected chi connectivity index (χ1v) is 11.2. The van der Waals surface area contributed by atoms with Gasteiger partial charge in [-0.25, -0.2) is 18.2 Å². The normalized spacial score (nSPS) is 12.5. The highest BCUT2D eigenvalue weighted by Gasteiger charge is 2.26. The summed E-state index contributed by atoms with van der Waals surface area (Å²) in [6, 6.07) is 6.80. The molecule has 0 fully saturated rings. The van der Waals surface area contributed by atoms with E-state index in [1.54, 1.807) is 19.9 Å². The van der Waals surface area contributed by atoms with Crippen molar-refractivity contribution in [3.63, 3.8) is 0 Å². The van der Waals surface area contributed by atoms with Gasteiger partial charge in [0.2, 0.25) is 10.0 Å². The molecular weight excluding hydrogens is 453 g/mol. The summed E-state index contributed by atoms with van der Waals surface area (Å²) in [5, 5.41) is 2.89. The molecule has 0 bridgehead atoms. The fourth-order valence-electron chi connectivity index (χ4n) is 2.49. The van der Waals surface area contributed by atoms with Crippen molar-refractivity contribution < 1.29 is 22.7 Å². The van der Waals surface area contributed by atoms with Gasteiger partial charge in [0.15, 0.2) is 6.10 Å². The number of nitrogens with zero attached hydrogens (tertiary/aromatic N) is 2. The Hall–Kier alpha value is -2.20. The number of carbonyl (C=O) groups is 2. The highest BCUT2D eigenvalue weighted by molar-refractivity contribution is 7.89. The number of halogens is 2. The van der Waals surface area contributed by atoms with E-state index in [1.807, 2.05) is 0 Å². The average Bonchev–Trinajstić information content (AvgIpc) is 2.70. The van der Waals surface area contributed by atoms with E-state index < -0.39 is 28.0 Å². The third-order valence-corrected chi connectivity index (χ3v) is 6.73. The molecule has 2 rings (SSSR count). The number of pyridine rings is 1. The Morgan fingerprint density at radius 3 is 2.40 bits per heavy atom. The van der Waals surface area contributed by atoms with E-state index >= 15 is 0 Å². The monoisotopic (exact) mass is 473 g/mol. The van der Waals surface area contributed by atoms with Crippen molar-refractivity contribution in [1.29, 1.82) is 0 Å². The second-order valence-electron chi connectivity index (χ2n) is 6.13. The number of anilines is 1. The van der Waals surface area contributed by atoms with Gasteiger partial charge in [-0.2, -0.15) is 4.31 Å². The molecule has 1 heterocycles. The highest BCUT2D eigenvalue weighted by Crippen LogP contribution is 2.24. The lowest BCUT2D eigenvalue weighted by Gasteiger charge is -2.19. The molecule has 1 aromatic heterocycles. The standard InChI is InChI=1S/C19H21Cl2N3O5S/c1-4-24(5-2)30(27,28)14-7-8-16(21)15(10-14)19(26)29-12(3)18(25)23-17-9-6-13(20)11-22-17/h6-12H,4-5H2,1-3H3,(H,22,23,25)/t12-/m0/s1. The van der Waals surface area contributed by atoms with E-state index in [0.717, 1.165) is 6.07 Å². The Balaban J connectivity index is 2.18. The van der Waals surface area contributed by atoms with Gasteiger partial charge in [0.05, 0.1) is 20.5 Å². The Morgan fingerprint density at radius 1 is 1.17 bits per heavy atom. The Labute approximate surface area is 185 Å². The Bertz CT molecular complexity index is 1020. The quantitative estimate of drug-likeness (QED) is 0.586. The number of nitrogens with one attached hydrogen (secondary N) is 1. The van der Waals surface area contributed by atoms with Crippen LogP contribution in [0.4, 0.5) is 5.82 Å². The molecule has 0 unspecified atom stereocenters. The largest absolute Gasteiger partial charge is 0.449 e. The third kappa shape index (κ3) is 5.69. The van der Waals surface area contributed by atoms with Crippen LogP contribution in [0, 0.1) is 0 Å². The number of hydrogen-bond donors (Lipinski definition) is 1. The maximum atomic E-state index is 12.7. The van der Waals surface area contributed by atoms with Crippen molar-refractivity contribution in [3.8, 4) is 0 Å². The van der Waals surface area contributed by atoms with E-state index in [1.165, 1.54) is 35.6 Å². The van der Waals surface area contributed by atoms with Crippen LogP contribution >= 0.6 is 23.2 Å². The first-order chi connectivity index (χ1) is 14.1. The van der Waals surface area contributed by atoms with Gasteiger partial charge in [-0.05, 0) is 37.3 Å². The van der Waals surface area contributed by atoms with Crippen LogP contribution in [-0.4, -0.2) is 48.8 Å². The van der Waals surface area contributed by atoms with Gasteiger partial charge in [-0.15, -0.1) is 0 Å². The molecule has 0 spiro atoms. The number of rotatable bonds is 8. The summed E-state index contributed by atoms with van der Waals surface area (Å²) in [6.45, 7) is 5.34. The molecule has 0 aliphatic rings. The maximum absolute atomic E-state index is 12.7. The summed E-state index contributed by atoms with van der Waals surface area (Å²) in [4.78, 5) is 28.6. The molecule has 0 radical (unpaired) electrons. The van der Waals surface area contributed by atoms with Crippen LogP contribution in [0.15, 0.2) is 41.4 Å². The van der Waals surface area contributed by atoms with E-state index in [-0.39, 0.29) is 34.4 Å². The minimum atomic E-state index is -3.79. The summed E-state index contributed by atoms with van der Waals surface area (Å²) in [6.07, 6.45) is 0.171. The predicted molar refractivity (Wildman–Crippen MR) is 114 cm³/mol. The zero-order valence-corrected chi connectivity index (χ0v) is 18.9. The molecular formula is C19H21Cl2N3O5S. The molecule has 2 aromatic rings. The molecule has 30 heavy (non-hydrogen) atoms. The molecule has 0 aliphatic heterocycles. The molecule has 0 saturated heterocycles. The topological polar surface area (TPSA) is 106 Å². The average molecular weight is 474 g/mol. The van der Waals surface area contributed by atoms with Crippen LogP contribution in [0.5, 0.6) is 0 Å². The highest BCUT2D eigenvalue weighted by atomic mass is 35.5. The first-order valence-electron chi connectivity index (χ1n) is 9.03. The van der Waals surface area contributed by atoms with Crippen LogP contribution in [0.3, 0.4) is 0 Å². The zero-order valence-electron chi connectivity index (χ0n) is 16.6. The fourth-order valence-corrected chi connectivity index (χ4v) is 4.28. The summed E-state index contributed by atoms with van der Waals surface area (Å²) in [5.74, 6) is -1.32.